The largest absolute Gasteiger partial charge is 0.286 e. The third-order valence-electron chi connectivity index (χ3n) is 4.89. The van der Waals surface area contributed by atoms with Crippen molar-refractivity contribution in [3.05, 3.63) is 105 Å². The van der Waals surface area contributed by atoms with Gasteiger partial charge in [0.05, 0.1) is 5.25 Å². The minimum absolute atomic E-state index is 0.132. The molecule has 0 atom stereocenters. The molecule has 0 aromatic heterocycles. The highest BCUT2D eigenvalue weighted by Crippen LogP contribution is 2.41. The third kappa shape index (κ3) is 4.05. The van der Waals surface area contributed by atoms with E-state index >= 15 is 0 Å². The lowest BCUT2D eigenvalue weighted by atomic mass is 10.00. The van der Waals surface area contributed by atoms with Crippen molar-refractivity contribution in [3.63, 3.8) is 0 Å². The molecule has 3 aromatic carbocycles. The van der Waals surface area contributed by atoms with Crippen LogP contribution in [0.5, 0.6) is 0 Å². The van der Waals surface area contributed by atoms with Gasteiger partial charge in [0.25, 0.3) is 11.1 Å². The average molecular weight is 452 g/mol. The van der Waals surface area contributed by atoms with Crippen molar-refractivity contribution in [1.82, 2.24) is 5.32 Å². The number of benzene rings is 3. The second-order valence-electron chi connectivity index (χ2n) is 6.64. The highest BCUT2D eigenvalue weighted by Gasteiger charge is 2.26. The second-order valence-corrected chi connectivity index (χ2v) is 8.64. The Morgan fingerprint density at radius 2 is 1.36 bits per heavy atom. The first-order valence-electron chi connectivity index (χ1n) is 9.05. The maximum Gasteiger partial charge on any atom is 0.286 e. The molecule has 3 aromatic rings. The summed E-state index contributed by atoms with van der Waals surface area (Å²) in [5, 5.41) is 2.04. The van der Waals surface area contributed by atoms with Crippen LogP contribution in [0.1, 0.15) is 37.9 Å². The number of imide groups is 1. The Morgan fingerprint density at radius 3 is 1.93 bits per heavy atom. The normalized spacial score (nSPS) is 13.2. The van der Waals surface area contributed by atoms with Gasteiger partial charge in [0, 0.05) is 10.0 Å². The summed E-state index contributed by atoms with van der Waals surface area (Å²) in [5.41, 5.74) is 5.25. The van der Waals surface area contributed by atoms with Crippen molar-refractivity contribution >= 4 is 38.8 Å². The molecule has 0 radical (unpaired) electrons. The SMILES string of the molecule is O=C(NC(=O)c1ccc(Br)cc1)SC1c2ccccc2CCc2ccccc21. The average Bonchev–Trinajstić information content (AvgIpc) is 2.86. The second kappa shape index (κ2) is 8.33. The molecule has 1 aliphatic rings. The highest BCUT2D eigenvalue weighted by atomic mass is 79.9. The number of carbonyl (C=O) groups excluding carboxylic acids is 2. The molecule has 3 nitrogen and oxygen atoms in total. The van der Waals surface area contributed by atoms with Crippen LogP contribution in [0, 0.1) is 0 Å². The summed E-state index contributed by atoms with van der Waals surface area (Å²) >= 11 is 4.51. The van der Waals surface area contributed by atoms with E-state index in [9.17, 15) is 9.59 Å². The van der Waals surface area contributed by atoms with Crippen LogP contribution >= 0.6 is 27.7 Å². The molecule has 0 saturated carbocycles. The van der Waals surface area contributed by atoms with Crippen LogP contribution in [0.3, 0.4) is 0 Å². The summed E-state index contributed by atoms with van der Waals surface area (Å²) in [6.45, 7) is 0. The molecule has 0 bridgehead atoms. The number of hydrogen-bond acceptors (Lipinski definition) is 3. The molecular weight excluding hydrogens is 434 g/mol. The fourth-order valence-electron chi connectivity index (χ4n) is 3.50. The van der Waals surface area contributed by atoms with E-state index in [0.717, 1.165) is 28.4 Å². The van der Waals surface area contributed by atoms with Gasteiger partial charge in [-0.1, -0.05) is 76.2 Å². The van der Waals surface area contributed by atoms with E-state index in [1.54, 1.807) is 24.3 Å². The number of rotatable bonds is 2. The van der Waals surface area contributed by atoms with Gasteiger partial charge in [-0.05, 0) is 59.4 Å². The predicted molar refractivity (Wildman–Crippen MR) is 117 cm³/mol. The predicted octanol–water partition coefficient (Wildman–Crippen LogP) is 5.92. The Balaban J connectivity index is 1.59. The minimum atomic E-state index is -0.389. The number of halogens is 1. The summed E-state index contributed by atoms with van der Waals surface area (Å²) in [6, 6.07) is 23.4. The van der Waals surface area contributed by atoms with Crippen LogP contribution < -0.4 is 5.32 Å². The molecule has 0 heterocycles. The molecule has 0 spiro atoms. The fraction of sp³-hybridized carbons (Fsp3) is 0.130. The van der Waals surface area contributed by atoms with Gasteiger partial charge in [0.1, 0.15) is 0 Å². The molecule has 5 heteroatoms. The first-order valence-corrected chi connectivity index (χ1v) is 10.7. The van der Waals surface area contributed by atoms with E-state index in [-0.39, 0.29) is 16.4 Å². The number of nitrogens with one attached hydrogen (secondary N) is 1. The molecule has 0 aliphatic heterocycles. The van der Waals surface area contributed by atoms with Crippen LogP contribution in [0.2, 0.25) is 0 Å². The molecular formula is C23H18BrNO2S. The monoisotopic (exact) mass is 451 g/mol. The van der Waals surface area contributed by atoms with Gasteiger partial charge in [-0.15, -0.1) is 0 Å². The number of amides is 2. The van der Waals surface area contributed by atoms with Crippen LogP contribution in [0.25, 0.3) is 0 Å². The maximum atomic E-state index is 12.7. The van der Waals surface area contributed by atoms with Gasteiger partial charge in [-0.25, -0.2) is 0 Å². The molecule has 1 N–H and O–H groups in total. The first-order chi connectivity index (χ1) is 13.6. The van der Waals surface area contributed by atoms with Crippen molar-refractivity contribution in [2.75, 3.05) is 0 Å². The topological polar surface area (TPSA) is 46.2 Å². The van der Waals surface area contributed by atoms with E-state index in [1.165, 1.54) is 22.9 Å². The zero-order valence-corrected chi connectivity index (χ0v) is 17.4. The maximum absolute atomic E-state index is 12.7. The molecule has 140 valence electrons. The number of fused-ring (bicyclic) bond motifs is 2. The summed E-state index contributed by atoms with van der Waals surface area (Å²) in [5.74, 6) is -0.389. The molecule has 4 rings (SSSR count). The zero-order chi connectivity index (χ0) is 19.5. The Morgan fingerprint density at radius 1 is 0.821 bits per heavy atom. The Kier molecular flexibility index (Phi) is 5.64. The zero-order valence-electron chi connectivity index (χ0n) is 15.0. The summed E-state index contributed by atoms with van der Waals surface area (Å²) in [7, 11) is 0. The lowest BCUT2D eigenvalue weighted by molar-refractivity contribution is 0.0969. The Labute approximate surface area is 176 Å². The molecule has 0 fully saturated rings. The van der Waals surface area contributed by atoms with Crippen molar-refractivity contribution in [2.45, 2.75) is 18.1 Å². The van der Waals surface area contributed by atoms with Gasteiger partial charge < -0.3 is 0 Å². The number of carbonyl (C=O) groups is 2. The number of aryl methyl sites for hydroxylation is 2. The smallest absolute Gasteiger partial charge is 0.283 e. The highest BCUT2D eigenvalue weighted by molar-refractivity contribution is 9.10. The lowest BCUT2D eigenvalue weighted by Crippen LogP contribution is -2.27. The first kappa shape index (κ1) is 19.0. The molecule has 0 saturated heterocycles. The van der Waals surface area contributed by atoms with Crippen molar-refractivity contribution in [1.29, 1.82) is 0 Å². The van der Waals surface area contributed by atoms with Crippen LogP contribution in [0.4, 0.5) is 4.79 Å². The summed E-state index contributed by atoms with van der Waals surface area (Å²) < 4.78 is 0.886. The molecule has 0 unspecified atom stereocenters. The molecule has 28 heavy (non-hydrogen) atoms. The van der Waals surface area contributed by atoms with Gasteiger partial charge in [-0.2, -0.15) is 0 Å². The van der Waals surface area contributed by atoms with Crippen molar-refractivity contribution in [2.24, 2.45) is 0 Å². The fourth-order valence-corrected chi connectivity index (χ4v) is 4.85. The Hall–Kier alpha value is -2.37. The molecule has 2 amide bonds. The van der Waals surface area contributed by atoms with E-state index in [1.807, 2.05) is 24.3 Å². The van der Waals surface area contributed by atoms with E-state index in [4.69, 9.17) is 0 Å². The van der Waals surface area contributed by atoms with E-state index < -0.39 is 0 Å². The van der Waals surface area contributed by atoms with Gasteiger partial charge >= 0.3 is 0 Å². The lowest BCUT2D eigenvalue weighted by Gasteiger charge is -2.19. The van der Waals surface area contributed by atoms with Crippen molar-refractivity contribution in [3.8, 4) is 0 Å². The quantitative estimate of drug-likeness (QED) is 0.525. The van der Waals surface area contributed by atoms with Crippen LogP contribution in [-0.2, 0) is 12.8 Å². The van der Waals surface area contributed by atoms with Gasteiger partial charge in [-0.3, -0.25) is 14.9 Å². The number of thioether (sulfide) groups is 1. The standard InChI is InChI=1S/C23H18BrNO2S/c24-18-13-11-17(12-14-18)22(26)25-23(27)28-21-19-7-3-1-5-15(19)9-10-16-6-2-4-8-20(16)21/h1-8,11-14,21H,9-10H2,(H,25,26,27). The molecule has 1 aliphatic carbocycles. The van der Waals surface area contributed by atoms with Gasteiger partial charge in [0.15, 0.2) is 0 Å². The van der Waals surface area contributed by atoms with Crippen molar-refractivity contribution < 1.29 is 9.59 Å². The van der Waals surface area contributed by atoms with Gasteiger partial charge in [0.2, 0.25) is 0 Å². The minimum Gasteiger partial charge on any atom is -0.283 e. The van der Waals surface area contributed by atoms with Crippen LogP contribution in [-0.4, -0.2) is 11.1 Å². The number of hydrogen-bond donors (Lipinski definition) is 1. The summed E-state index contributed by atoms with van der Waals surface area (Å²) in [6.07, 6.45) is 1.90. The van der Waals surface area contributed by atoms with Crippen LogP contribution in [0.15, 0.2) is 77.3 Å². The summed E-state index contributed by atoms with van der Waals surface area (Å²) in [4.78, 5) is 25.1. The van der Waals surface area contributed by atoms with E-state index in [0.29, 0.717) is 5.56 Å². The Bertz CT molecular complexity index is 985. The third-order valence-corrected chi connectivity index (χ3v) is 6.47. The van der Waals surface area contributed by atoms with E-state index in [2.05, 4.69) is 45.5 Å².